The van der Waals surface area contributed by atoms with E-state index in [1.165, 1.54) is 0 Å². The van der Waals surface area contributed by atoms with Crippen molar-refractivity contribution in [1.29, 1.82) is 0 Å². The van der Waals surface area contributed by atoms with Gasteiger partial charge in [-0.25, -0.2) is 0 Å². The van der Waals surface area contributed by atoms with Crippen LogP contribution in [0.4, 0.5) is 0 Å². The Morgan fingerprint density at radius 3 is 2.86 bits per heavy atom. The maximum atomic E-state index is 5.00. The van der Waals surface area contributed by atoms with Crippen molar-refractivity contribution in [2.45, 2.75) is 6.92 Å². The lowest BCUT2D eigenvalue weighted by molar-refractivity contribution is 0.182. The summed E-state index contributed by atoms with van der Waals surface area (Å²) in [6.45, 7) is 3.06. The minimum atomic E-state index is 0.444. The van der Waals surface area contributed by atoms with Gasteiger partial charge in [0.15, 0.2) is 0 Å². The molecule has 40 valence electrons. The largest absolute Gasteiger partial charge is 0.369 e. The first-order valence-corrected chi connectivity index (χ1v) is 2.45. The van der Waals surface area contributed by atoms with Gasteiger partial charge in [-0.2, -0.15) is 0 Å². The predicted molar refractivity (Wildman–Crippen MR) is 30.1 cm³/mol. The van der Waals surface area contributed by atoms with Crippen molar-refractivity contribution < 1.29 is 4.74 Å². The summed E-state index contributed by atoms with van der Waals surface area (Å²) in [5.41, 5.74) is 0. The lowest BCUT2D eigenvalue weighted by Gasteiger charge is -1.86. The minimum absolute atomic E-state index is 0.444. The van der Waals surface area contributed by atoms with Gasteiger partial charge in [-0.05, 0) is 18.5 Å². The molecule has 0 rings (SSSR count). The molecule has 0 aromatic heterocycles. The quantitative estimate of drug-likeness (QED) is 0.391. The Bertz CT molecular complexity index is 79.8. The van der Waals surface area contributed by atoms with Crippen LogP contribution in [0.1, 0.15) is 6.92 Å². The molecule has 0 fully saturated rings. The molecule has 0 aromatic rings. The van der Waals surface area contributed by atoms with Gasteiger partial charge in [0.1, 0.15) is 6.61 Å². The fourth-order valence-corrected chi connectivity index (χ4v) is 0.235. The van der Waals surface area contributed by atoms with Gasteiger partial charge in [0.25, 0.3) is 0 Å². The standard InChI is InChI=1S/C5H7ClO/c1-2-7-5-3-4-6/h2,5H2,1H3. The first kappa shape index (κ1) is 6.81. The fraction of sp³-hybridized carbons (Fsp3) is 0.600. The smallest absolute Gasteiger partial charge is 0.108 e. The molecule has 0 aliphatic carbocycles. The molecule has 0 spiro atoms. The molecule has 0 N–H and O–H groups in total. The Hall–Kier alpha value is -0.190. The third-order valence-corrected chi connectivity index (χ3v) is 0.579. The van der Waals surface area contributed by atoms with E-state index in [9.17, 15) is 0 Å². The lowest BCUT2D eigenvalue weighted by atomic mass is 10.7. The molecule has 7 heavy (non-hydrogen) atoms. The highest BCUT2D eigenvalue weighted by atomic mass is 35.5. The Morgan fingerprint density at radius 2 is 2.43 bits per heavy atom. The highest BCUT2D eigenvalue weighted by Gasteiger charge is 1.69. The van der Waals surface area contributed by atoms with Crippen LogP contribution < -0.4 is 0 Å². The molecule has 0 heterocycles. The van der Waals surface area contributed by atoms with Crippen molar-refractivity contribution in [2.24, 2.45) is 0 Å². The van der Waals surface area contributed by atoms with Crippen molar-refractivity contribution in [3.63, 3.8) is 0 Å². The summed E-state index contributed by atoms with van der Waals surface area (Å²) in [7, 11) is 0. The molecule has 0 aliphatic heterocycles. The first-order chi connectivity index (χ1) is 3.41. The maximum Gasteiger partial charge on any atom is 0.108 e. The van der Waals surface area contributed by atoms with Crippen LogP contribution >= 0.6 is 11.6 Å². The molecule has 1 nitrogen and oxygen atoms in total. The first-order valence-electron chi connectivity index (χ1n) is 2.08. The van der Waals surface area contributed by atoms with Crippen molar-refractivity contribution in [3.05, 3.63) is 0 Å². The third-order valence-electron chi connectivity index (χ3n) is 0.445. The number of rotatable bonds is 2. The topological polar surface area (TPSA) is 9.23 Å². The van der Waals surface area contributed by atoms with E-state index < -0.39 is 0 Å². The summed E-state index contributed by atoms with van der Waals surface area (Å²) in [5, 5.41) is 2.20. The molecule has 0 radical (unpaired) electrons. The van der Waals surface area contributed by atoms with Crippen LogP contribution in [-0.4, -0.2) is 13.2 Å². The molecule has 0 amide bonds. The average molecular weight is 119 g/mol. The van der Waals surface area contributed by atoms with Crippen molar-refractivity contribution in [1.82, 2.24) is 0 Å². The monoisotopic (exact) mass is 118 g/mol. The van der Waals surface area contributed by atoms with E-state index in [4.69, 9.17) is 16.3 Å². The highest BCUT2D eigenvalue weighted by molar-refractivity contribution is 6.30. The second kappa shape index (κ2) is 5.81. The maximum absolute atomic E-state index is 5.00. The Labute approximate surface area is 48.6 Å². The van der Waals surface area contributed by atoms with Gasteiger partial charge >= 0.3 is 0 Å². The van der Waals surface area contributed by atoms with Crippen molar-refractivity contribution in [2.75, 3.05) is 13.2 Å². The van der Waals surface area contributed by atoms with E-state index in [1.807, 2.05) is 6.92 Å². The van der Waals surface area contributed by atoms with Crippen LogP contribution in [0.5, 0.6) is 0 Å². The van der Waals surface area contributed by atoms with Gasteiger partial charge in [0.05, 0.1) is 0 Å². The molecule has 0 aliphatic rings. The van der Waals surface area contributed by atoms with Crippen LogP contribution in [0.2, 0.25) is 0 Å². The van der Waals surface area contributed by atoms with Crippen LogP contribution in [-0.2, 0) is 4.74 Å². The minimum Gasteiger partial charge on any atom is -0.369 e. The second-order valence-electron chi connectivity index (χ2n) is 0.908. The van der Waals surface area contributed by atoms with E-state index in [0.29, 0.717) is 13.2 Å². The molecular weight excluding hydrogens is 112 g/mol. The van der Waals surface area contributed by atoms with E-state index >= 15 is 0 Å². The van der Waals surface area contributed by atoms with Gasteiger partial charge in [0.2, 0.25) is 0 Å². The zero-order valence-corrected chi connectivity index (χ0v) is 4.96. The Kier molecular flexibility index (Phi) is 5.65. The van der Waals surface area contributed by atoms with Gasteiger partial charge in [0, 0.05) is 12.0 Å². The van der Waals surface area contributed by atoms with Crippen LogP contribution in [0.3, 0.4) is 0 Å². The molecule has 0 aromatic carbocycles. The summed E-state index contributed by atoms with van der Waals surface area (Å²) in [6.07, 6.45) is 0. The summed E-state index contributed by atoms with van der Waals surface area (Å²) in [6, 6.07) is 0. The summed E-state index contributed by atoms with van der Waals surface area (Å²) in [4.78, 5) is 0. The second-order valence-corrected chi connectivity index (χ2v) is 1.10. The van der Waals surface area contributed by atoms with Crippen molar-refractivity contribution >= 4 is 11.6 Å². The van der Waals surface area contributed by atoms with Crippen molar-refractivity contribution in [3.8, 4) is 11.3 Å². The van der Waals surface area contributed by atoms with E-state index in [2.05, 4.69) is 11.3 Å². The van der Waals surface area contributed by atoms with Gasteiger partial charge < -0.3 is 4.74 Å². The van der Waals surface area contributed by atoms with E-state index in [-0.39, 0.29) is 0 Å². The molecule has 0 atom stereocenters. The normalized spacial score (nSPS) is 7.14. The van der Waals surface area contributed by atoms with Crippen LogP contribution in [0, 0.1) is 11.3 Å². The number of ether oxygens (including phenoxy) is 1. The van der Waals surface area contributed by atoms with Crippen LogP contribution in [0.15, 0.2) is 0 Å². The van der Waals surface area contributed by atoms with Gasteiger partial charge in [-0.15, -0.1) is 0 Å². The van der Waals surface area contributed by atoms with Gasteiger partial charge in [-0.3, -0.25) is 0 Å². The average Bonchev–Trinajstić information content (AvgIpc) is 1.69. The molecule has 2 heteroatoms. The third kappa shape index (κ3) is 5.81. The molecule has 0 saturated heterocycles. The highest BCUT2D eigenvalue weighted by Crippen LogP contribution is 1.69. The summed E-state index contributed by atoms with van der Waals surface area (Å²) in [5.74, 6) is 2.54. The molecular formula is C5H7ClO. The van der Waals surface area contributed by atoms with E-state index in [1.54, 1.807) is 0 Å². The number of halogens is 1. The molecule has 0 bridgehead atoms. The molecule has 0 unspecified atom stereocenters. The summed E-state index contributed by atoms with van der Waals surface area (Å²) >= 11 is 5.00. The zero-order valence-electron chi connectivity index (χ0n) is 4.20. The van der Waals surface area contributed by atoms with E-state index in [0.717, 1.165) is 0 Å². The Morgan fingerprint density at radius 1 is 1.71 bits per heavy atom. The zero-order chi connectivity index (χ0) is 5.54. The number of hydrogen-bond acceptors (Lipinski definition) is 1. The van der Waals surface area contributed by atoms with Crippen LogP contribution in [0.25, 0.3) is 0 Å². The SMILES string of the molecule is CCOCC#CCl. The van der Waals surface area contributed by atoms with Gasteiger partial charge in [-0.1, -0.05) is 5.92 Å². The predicted octanol–water partition coefficient (Wildman–Crippen LogP) is 1.22. The summed E-state index contributed by atoms with van der Waals surface area (Å²) < 4.78 is 4.82. The lowest BCUT2D eigenvalue weighted by Crippen LogP contribution is -1.87. The molecule has 0 saturated carbocycles. The number of hydrogen-bond donors (Lipinski definition) is 0. The fourth-order valence-electron chi connectivity index (χ4n) is 0.180. The Balaban J connectivity index is 2.78.